The zero-order valence-corrected chi connectivity index (χ0v) is 15.3. The van der Waals surface area contributed by atoms with Gasteiger partial charge in [-0.2, -0.15) is 0 Å². The molecule has 1 aliphatic heterocycles. The molecule has 1 heterocycles. The van der Waals surface area contributed by atoms with Gasteiger partial charge in [-0.25, -0.2) is 4.39 Å². The van der Waals surface area contributed by atoms with Gasteiger partial charge in [-0.15, -0.1) is 0 Å². The van der Waals surface area contributed by atoms with E-state index in [0.29, 0.717) is 18.7 Å². The average Bonchev–Trinajstić information content (AvgIpc) is 2.60. The van der Waals surface area contributed by atoms with Crippen molar-refractivity contribution in [3.05, 3.63) is 35.6 Å². The van der Waals surface area contributed by atoms with Gasteiger partial charge in [0, 0.05) is 31.7 Å². The normalized spacial score (nSPS) is 16.8. The second-order valence-corrected chi connectivity index (χ2v) is 6.87. The average molecular weight is 349 g/mol. The van der Waals surface area contributed by atoms with Crippen LogP contribution in [0.1, 0.15) is 37.6 Å². The van der Waals surface area contributed by atoms with E-state index in [2.05, 4.69) is 17.1 Å². The van der Waals surface area contributed by atoms with Crippen LogP contribution >= 0.6 is 0 Å². The largest absolute Gasteiger partial charge is 0.340 e. The molecule has 1 atom stereocenters. The number of hydrogen-bond donors (Lipinski definition) is 1. The lowest BCUT2D eigenvalue weighted by Crippen LogP contribution is -2.56. The second-order valence-electron chi connectivity index (χ2n) is 6.87. The lowest BCUT2D eigenvalue weighted by atomic mass is 10.0. The molecule has 2 amide bonds. The molecule has 1 saturated heterocycles. The van der Waals surface area contributed by atoms with Gasteiger partial charge in [0.1, 0.15) is 11.9 Å². The van der Waals surface area contributed by atoms with Crippen molar-refractivity contribution in [2.75, 3.05) is 32.7 Å². The molecule has 1 aliphatic rings. The van der Waals surface area contributed by atoms with Crippen LogP contribution in [-0.2, 0) is 4.79 Å². The first kappa shape index (κ1) is 19.4. The van der Waals surface area contributed by atoms with Crippen molar-refractivity contribution in [2.24, 2.45) is 5.92 Å². The molecule has 1 aromatic rings. The minimum absolute atomic E-state index is 0.0226. The zero-order valence-electron chi connectivity index (χ0n) is 15.3. The maximum absolute atomic E-state index is 13.0. The number of piperazine rings is 1. The van der Waals surface area contributed by atoms with Crippen LogP contribution in [-0.4, -0.2) is 60.4 Å². The van der Waals surface area contributed by atoms with Gasteiger partial charge in [-0.1, -0.05) is 20.8 Å². The van der Waals surface area contributed by atoms with E-state index in [1.807, 2.05) is 18.7 Å². The molecule has 0 aromatic heterocycles. The van der Waals surface area contributed by atoms with Gasteiger partial charge in [0.05, 0.1) is 0 Å². The number of hydrogen-bond acceptors (Lipinski definition) is 3. The maximum Gasteiger partial charge on any atom is 0.251 e. The molecular weight excluding hydrogens is 321 g/mol. The van der Waals surface area contributed by atoms with Crippen molar-refractivity contribution < 1.29 is 14.0 Å². The Balaban J connectivity index is 1.99. The number of benzene rings is 1. The molecule has 6 heteroatoms. The summed E-state index contributed by atoms with van der Waals surface area (Å²) in [6.07, 6.45) is 1.11. The molecule has 1 fully saturated rings. The number of rotatable bonds is 6. The third-order valence-corrected chi connectivity index (χ3v) is 4.55. The number of carbonyl (C=O) groups is 2. The summed E-state index contributed by atoms with van der Waals surface area (Å²) in [6, 6.07) is 4.77. The molecule has 0 unspecified atom stereocenters. The Bertz CT molecular complexity index is 581. The Morgan fingerprint density at radius 2 is 1.72 bits per heavy atom. The van der Waals surface area contributed by atoms with E-state index in [1.54, 1.807) is 0 Å². The Kier molecular flexibility index (Phi) is 6.93. The van der Waals surface area contributed by atoms with Crippen molar-refractivity contribution in [1.82, 2.24) is 15.1 Å². The fourth-order valence-electron chi connectivity index (χ4n) is 3.04. The van der Waals surface area contributed by atoms with Gasteiger partial charge in [-0.05, 0) is 43.1 Å². The Morgan fingerprint density at radius 3 is 2.24 bits per heavy atom. The molecule has 5 nitrogen and oxygen atoms in total. The van der Waals surface area contributed by atoms with Crippen LogP contribution in [0.25, 0.3) is 0 Å². The fraction of sp³-hybridized carbons (Fsp3) is 0.579. The van der Waals surface area contributed by atoms with Crippen LogP contribution in [0, 0.1) is 11.7 Å². The molecule has 0 bridgehead atoms. The van der Waals surface area contributed by atoms with Crippen molar-refractivity contribution in [3.8, 4) is 0 Å². The molecule has 138 valence electrons. The molecule has 1 aromatic carbocycles. The van der Waals surface area contributed by atoms with E-state index in [-0.39, 0.29) is 17.7 Å². The minimum Gasteiger partial charge on any atom is -0.340 e. The predicted molar refractivity (Wildman–Crippen MR) is 95.8 cm³/mol. The predicted octanol–water partition coefficient (Wildman–Crippen LogP) is 2.13. The molecule has 0 radical (unpaired) electrons. The molecule has 0 aliphatic carbocycles. The van der Waals surface area contributed by atoms with Crippen molar-refractivity contribution in [3.63, 3.8) is 0 Å². The van der Waals surface area contributed by atoms with E-state index < -0.39 is 11.9 Å². The first-order valence-electron chi connectivity index (χ1n) is 9.00. The van der Waals surface area contributed by atoms with E-state index in [4.69, 9.17) is 0 Å². The van der Waals surface area contributed by atoms with Crippen molar-refractivity contribution >= 4 is 11.8 Å². The molecule has 2 rings (SSSR count). The molecule has 0 saturated carbocycles. The number of carbonyl (C=O) groups excluding carboxylic acids is 2. The minimum atomic E-state index is -0.574. The smallest absolute Gasteiger partial charge is 0.251 e. The van der Waals surface area contributed by atoms with E-state index >= 15 is 0 Å². The third-order valence-electron chi connectivity index (χ3n) is 4.55. The lowest BCUT2D eigenvalue weighted by Gasteiger charge is -2.37. The number of nitrogens with zero attached hydrogens (tertiary/aromatic N) is 2. The summed E-state index contributed by atoms with van der Waals surface area (Å²) in [6.45, 7) is 10.2. The first-order chi connectivity index (χ1) is 11.9. The molecule has 0 spiro atoms. The van der Waals surface area contributed by atoms with Crippen LogP contribution in [0.3, 0.4) is 0 Å². The Hall–Kier alpha value is -1.95. The highest BCUT2D eigenvalue weighted by Crippen LogP contribution is 2.11. The van der Waals surface area contributed by atoms with E-state index in [1.165, 1.54) is 24.3 Å². The lowest BCUT2D eigenvalue weighted by molar-refractivity contribution is -0.136. The van der Waals surface area contributed by atoms with Crippen LogP contribution in [0.15, 0.2) is 24.3 Å². The summed E-state index contributed by atoms with van der Waals surface area (Å²) in [7, 11) is 0. The maximum atomic E-state index is 13.0. The Morgan fingerprint density at radius 1 is 1.12 bits per heavy atom. The molecule has 1 N–H and O–H groups in total. The number of nitrogens with one attached hydrogen (secondary N) is 1. The van der Waals surface area contributed by atoms with Crippen LogP contribution in [0.5, 0.6) is 0 Å². The molecular formula is C19H28FN3O2. The zero-order chi connectivity index (χ0) is 18.4. The summed E-state index contributed by atoms with van der Waals surface area (Å²) < 4.78 is 13.0. The van der Waals surface area contributed by atoms with Gasteiger partial charge >= 0.3 is 0 Å². The number of amides is 2. The Labute approximate surface area is 149 Å². The summed E-state index contributed by atoms with van der Waals surface area (Å²) in [5, 5.41) is 2.82. The highest BCUT2D eigenvalue weighted by molar-refractivity contribution is 5.97. The van der Waals surface area contributed by atoms with Gasteiger partial charge in [0.15, 0.2) is 0 Å². The summed E-state index contributed by atoms with van der Waals surface area (Å²) in [4.78, 5) is 29.4. The third kappa shape index (κ3) is 5.26. The molecule has 25 heavy (non-hydrogen) atoms. The van der Waals surface area contributed by atoms with Gasteiger partial charge < -0.3 is 10.2 Å². The highest BCUT2D eigenvalue weighted by atomic mass is 19.1. The van der Waals surface area contributed by atoms with E-state index in [9.17, 15) is 14.0 Å². The van der Waals surface area contributed by atoms with Crippen molar-refractivity contribution in [2.45, 2.75) is 33.2 Å². The van der Waals surface area contributed by atoms with Crippen LogP contribution < -0.4 is 5.32 Å². The summed E-state index contributed by atoms with van der Waals surface area (Å²) in [5.41, 5.74) is 0.354. The van der Waals surface area contributed by atoms with E-state index in [0.717, 1.165) is 26.1 Å². The quantitative estimate of drug-likeness (QED) is 0.856. The van der Waals surface area contributed by atoms with Crippen LogP contribution in [0.2, 0.25) is 0 Å². The summed E-state index contributed by atoms with van der Waals surface area (Å²) in [5.74, 6) is -0.804. The first-order valence-corrected chi connectivity index (χ1v) is 9.00. The monoisotopic (exact) mass is 349 g/mol. The SMILES string of the molecule is CCCN1CCN(C(=O)[C@H](NC(=O)c2ccc(F)cc2)C(C)C)CC1. The highest BCUT2D eigenvalue weighted by Gasteiger charge is 2.30. The van der Waals surface area contributed by atoms with Gasteiger partial charge in [-0.3, -0.25) is 14.5 Å². The van der Waals surface area contributed by atoms with Gasteiger partial charge in [0.25, 0.3) is 5.91 Å². The van der Waals surface area contributed by atoms with Gasteiger partial charge in [0.2, 0.25) is 5.91 Å². The fourth-order valence-corrected chi connectivity index (χ4v) is 3.04. The number of halogens is 1. The van der Waals surface area contributed by atoms with Crippen molar-refractivity contribution in [1.29, 1.82) is 0 Å². The second kappa shape index (κ2) is 8.94. The summed E-state index contributed by atoms with van der Waals surface area (Å²) >= 11 is 0. The standard InChI is InChI=1S/C19H28FN3O2/c1-4-9-22-10-12-23(13-11-22)19(25)17(14(2)3)21-18(24)15-5-7-16(20)8-6-15/h5-8,14,17H,4,9-13H2,1-3H3,(H,21,24)/t17-/m1/s1. The topological polar surface area (TPSA) is 52.6 Å². The van der Waals surface area contributed by atoms with Crippen LogP contribution in [0.4, 0.5) is 4.39 Å².